The van der Waals surface area contributed by atoms with Gasteiger partial charge in [0.25, 0.3) is 11.5 Å². The first-order valence-corrected chi connectivity index (χ1v) is 11.7. The van der Waals surface area contributed by atoms with Crippen LogP contribution in [0.15, 0.2) is 81.8 Å². The Bertz CT molecular complexity index is 1420. The second-order valence-corrected chi connectivity index (χ2v) is 8.98. The van der Waals surface area contributed by atoms with E-state index < -0.39 is 0 Å². The van der Waals surface area contributed by atoms with Crippen LogP contribution in [0.25, 0.3) is 16.6 Å². The molecule has 0 aliphatic heterocycles. The number of thioether (sulfide) groups is 1. The Kier molecular flexibility index (Phi) is 7.35. The highest BCUT2D eigenvalue weighted by molar-refractivity contribution is 7.99. The van der Waals surface area contributed by atoms with Gasteiger partial charge in [0.2, 0.25) is 0 Å². The lowest BCUT2D eigenvalue weighted by Gasteiger charge is -2.13. The zero-order valence-electron chi connectivity index (χ0n) is 16.8. The largest absolute Gasteiger partial charge is 0.272 e. The fraction of sp³-hybridized carbons (Fsp3) is 0.0435. The first-order valence-electron chi connectivity index (χ1n) is 9.60. The molecule has 0 saturated heterocycles. The minimum atomic E-state index is -0.360. The highest BCUT2D eigenvalue weighted by Crippen LogP contribution is 2.23. The van der Waals surface area contributed by atoms with Crippen molar-refractivity contribution in [2.75, 3.05) is 5.75 Å². The average Bonchev–Trinajstić information content (AvgIpc) is 2.81. The summed E-state index contributed by atoms with van der Waals surface area (Å²) >= 11 is 19.0. The van der Waals surface area contributed by atoms with Crippen LogP contribution in [-0.4, -0.2) is 27.4 Å². The number of nitrogens with zero attached hydrogens (tertiary/aromatic N) is 3. The molecule has 3 aromatic carbocycles. The van der Waals surface area contributed by atoms with E-state index in [0.717, 1.165) is 11.8 Å². The van der Waals surface area contributed by atoms with Gasteiger partial charge in [0.1, 0.15) is 0 Å². The number of amides is 1. The van der Waals surface area contributed by atoms with Crippen LogP contribution in [0.4, 0.5) is 0 Å². The van der Waals surface area contributed by atoms with Gasteiger partial charge >= 0.3 is 0 Å². The van der Waals surface area contributed by atoms with E-state index in [0.29, 0.717) is 42.4 Å². The summed E-state index contributed by atoms with van der Waals surface area (Å²) in [5.74, 6) is -0.363. The molecule has 10 heteroatoms. The summed E-state index contributed by atoms with van der Waals surface area (Å²) in [4.78, 5) is 30.1. The number of carbonyl (C=O) groups excluding carboxylic acids is 1. The van der Waals surface area contributed by atoms with Crippen LogP contribution in [0, 0.1) is 0 Å². The molecule has 1 amide bonds. The number of carbonyl (C=O) groups is 1. The van der Waals surface area contributed by atoms with E-state index in [1.54, 1.807) is 66.7 Å². The third kappa shape index (κ3) is 5.57. The molecule has 1 heterocycles. The predicted octanol–water partition coefficient (Wildman–Crippen LogP) is 5.59. The SMILES string of the molecule is O=C(CSc1nc2ccccc2c(=O)n1-c1ccc(Cl)cc1)N/N=C/c1ccc(Cl)c(Cl)c1. The first kappa shape index (κ1) is 23.3. The average molecular weight is 518 g/mol. The summed E-state index contributed by atoms with van der Waals surface area (Å²) in [6, 6.07) is 18.9. The molecular weight excluding hydrogens is 503 g/mol. The smallest absolute Gasteiger partial charge is 0.266 e. The van der Waals surface area contributed by atoms with Gasteiger partial charge in [-0.3, -0.25) is 14.2 Å². The highest BCUT2D eigenvalue weighted by Gasteiger charge is 2.14. The lowest BCUT2D eigenvalue weighted by atomic mass is 10.2. The van der Waals surface area contributed by atoms with Crippen LogP contribution in [-0.2, 0) is 4.79 Å². The van der Waals surface area contributed by atoms with E-state index in [1.807, 2.05) is 0 Å². The van der Waals surface area contributed by atoms with E-state index in [-0.39, 0.29) is 17.2 Å². The van der Waals surface area contributed by atoms with E-state index in [2.05, 4.69) is 15.5 Å². The van der Waals surface area contributed by atoms with Gasteiger partial charge in [0.15, 0.2) is 5.16 Å². The molecule has 0 aliphatic rings. The maximum absolute atomic E-state index is 13.2. The minimum Gasteiger partial charge on any atom is -0.272 e. The fourth-order valence-electron chi connectivity index (χ4n) is 2.96. The van der Waals surface area contributed by atoms with E-state index in [9.17, 15) is 9.59 Å². The number of aromatic nitrogens is 2. The van der Waals surface area contributed by atoms with E-state index in [4.69, 9.17) is 34.8 Å². The molecule has 0 unspecified atom stereocenters. The standard InChI is InChI=1S/C23H15Cl3N4O2S/c24-15-6-8-16(9-7-15)30-22(32)17-3-1-2-4-20(17)28-23(30)33-13-21(31)29-27-12-14-5-10-18(25)19(26)11-14/h1-12H,13H2,(H,29,31)/b27-12+. The zero-order chi connectivity index (χ0) is 23.4. The molecule has 6 nitrogen and oxygen atoms in total. The van der Waals surface area contributed by atoms with Gasteiger partial charge in [-0.05, 0) is 54.1 Å². The van der Waals surface area contributed by atoms with Gasteiger partial charge in [-0.2, -0.15) is 5.10 Å². The third-order valence-electron chi connectivity index (χ3n) is 4.51. The molecule has 4 rings (SSSR count). The van der Waals surface area contributed by atoms with Crippen molar-refractivity contribution in [1.29, 1.82) is 0 Å². The first-order chi connectivity index (χ1) is 15.9. The van der Waals surface area contributed by atoms with Crippen molar-refractivity contribution in [1.82, 2.24) is 15.0 Å². The van der Waals surface area contributed by atoms with Crippen molar-refractivity contribution in [3.8, 4) is 5.69 Å². The van der Waals surface area contributed by atoms with Crippen molar-refractivity contribution in [3.05, 3.63) is 97.7 Å². The quantitative estimate of drug-likeness (QED) is 0.157. The molecule has 0 saturated carbocycles. The monoisotopic (exact) mass is 516 g/mol. The van der Waals surface area contributed by atoms with Gasteiger partial charge < -0.3 is 0 Å². The molecule has 33 heavy (non-hydrogen) atoms. The number of hydrazone groups is 1. The van der Waals surface area contributed by atoms with Crippen molar-refractivity contribution in [3.63, 3.8) is 0 Å². The summed E-state index contributed by atoms with van der Waals surface area (Å²) in [7, 11) is 0. The lowest BCUT2D eigenvalue weighted by Crippen LogP contribution is -2.24. The molecule has 0 bridgehead atoms. The molecule has 0 atom stereocenters. The third-order valence-corrected chi connectivity index (χ3v) is 6.44. The van der Waals surface area contributed by atoms with Crippen LogP contribution in [0.3, 0.4) is 0 Å². The van der Waals surface area contributed by atoms with E-state index >= 15 is 0 Å². The number of hydrogen-bond acceptors (Lipinski definition) is 5. The molecule has 0 fully saturated rings. The maximum Gasteiger partial charge on any atom is 0.266 e. The number of para-hydroxylation sites is 1. The Hall–Kier alpha value is -2.84. The summed E-state index contributed by atoms with van der Waals surface area (Å²) in [6.07, 6.45) is 1.46. The fourth-order valence-corrected chi connectivity index (χ4v) is 4.20. The van der Waals surface area contributed by atoms with Crippen molar-refractivity contribution in [2.45, 2.75) is 5.16 Å². The Balaban J connectivity index is 1.55. The van der Waals surface area contributed by atoms with Crippen LogP contribution in [0.1, 0.15) is 5.56 Å². The van der Waals surface area contributed by atoms with E-state index in [1.165, 1.54) is 10.8 Å². The Labute approximate surface area is 208 Å². The second kappa shape index (κ2) is 10.4. The van der Waals surface area contributed by atoms with Crippen molar-refractivity contribution in [2.24, 2.45) is 5.10 Å². The molecule has 4 aromatic rings. The normalized spacial score (nSPS) is 11.2. The van der Waals surface area contributed by atoms with Crippen molar-refractivity contribution >= 4 is 69.6 Å². The van der Waals surface area contributed by atoms with Gasteiger partial charge in [-0.1, -0.05) is 64.8 Å². The predicted molar refractivity (Wildman–Crippen MR) is 135 cm³/mol. The Morgan fingerprint density at radius 2 is 1.79 bits per heavy atom. The Morgan fingerprint density at radius 1 is 1.03 bits per heavy atom. The Morgan fingerprint density at radius 3 is 2.55 bits per heavy atom. The van der Waals surface area contributed by atoms with Crippen LogP contribution >= 0.6 is 46.6 Å². The van der Waals surface area contributed by atoms with Crippen LogP contribution in [0.5, 0.6) is 0 Å². The van der Waals surface area contributed by atoms with Crippen LogP contribution < -0.4 is 11.0 Å². The highest BCUT2D eigenvalue weighted by atomic mass is 35.5. The van der Waals surface area contributed by atoms with Crippen LogP contribution in [0.2, 0.25) is 15.1 Å². The zero-order valence-corrected chi connectivity index (χ0v) is 19.9. The molecule has 0 spiro atoms. The van der Waals surface area contributed by atoms with Gasteiger partial charge in [0.05, 0.1) is 38.6 Å². The number of rotatable bonds is 6. The lowest BCUT2D eigenvalue weighted by molar-refractivity contribution is -0.118. The molecule has 166 valence electrons. The number of nitrogens with one attached hydrogen (secondary N) is 1. The minimum absolute atomic E-state index is 0.00289. The number of halogens is 3. The second-order valence-electron chi connectivity index (χ2n) is 6.78. The summed E-state index contributed by atoms with van der Waals surface area (Å²) in [6.45, 7) is 0. The number of hydrogen-bond donors (Lipinski definition) is 1. The van der Waals surface area contributed by atoms with Gasteiger partial charge in [0, 0.05) is 5.02 Å². The van der Waals surface area contributed by atoms with Gasteiger partial charge in [-0.15, -0.1) is 0 Å². The summed E-state index contributed by atoms with van der Waals surface area (Å²) in [5.41, 5.74) is 4.06. The molecule has 1 N–H and O–H groups in total. The number of fused-ring (bicyclic) bond motifs is 1. The van der Waals surface area contributed by atoms with Gasteiger partial charge in [-0.25, -0.2) is 10.4 Å². The topological polar surface area (TPSA) is 76.3 Å². The molecule has 0 radical (unpaired) electrons. The summed E-state index contributed by atoms with van der Waals surface area (Å²) < 4.78 is 1.47. The van der Waals surface area contributed by atoms with Crippen molar-refractivity contribution < 1.29 is 4.79 Å². The summed E-state index contributed by atoms with van der Waals surface area (Å²) in [5, 5.41) is 6.18. The number of benzene rings is 3. The maximum atomic E-state index is 13.2. The molecule has 1 aromatic heterocycles. The molecule has 0 aliphatic carbocycles. The molecular formula is C23H15Cl3N4O2S.